The number of hydrogen-bond acceptors (Lipinski definition) is 4. The number of aryl methyl sites for hydroxylation is 1. The quantitative estimate of drug-likeness (QED) is 0.716. The second kappa shape index (κ2) is 7.26. The Kier molecular flexibility index (Phi) is 6.25. The lowest BCUT2D eigenvalue weighted by atomic mass is 10.1. The molecule has 0 heterocycles. The molecule has 0 aliphatic carbocycles. The lowest BCUT2D eigenvalue weighted by Crippen LogP contribution is -2.29. The fraction of sp³-hybridized carbons (Fsp3) is 0.417. The van der Waals surface area contributed by atoms with Gasteiger partial charge in [-0.25, -0.2) is 13.1 Å². The molecule has 1 atom stereocenters. The van der Waals surface area contributed by atoms with Gasteiger partial charge in [0.1, 0.15) is 4.99 Å². The van der Waals surface area contributed by atoms with Gasteiger partial charge in [0.2, 0.25) is 10.0 Å². The molecule has 0 radical (unpaired) electrons. The molecule has 0 saturated heterocycles. The summed E-state index contributed by atoms with van der Waals surface area (Å²) < 4.78 is 38.1. The van der Waals surface area contributed by atoms with Crippen molar-refractivity contribution in [3.05, 3.63) is 29.3 Å². The molecule has 1 unspecified atom stereocenters. The normalized spacial score (nSPS) is 13.1. The van der Waals surface area contributed by atoms with Crippen molar-refractivity contribution in [2.45, 2.75) is 18.7 Å². The molecule has 0 spiro atoms. The fourth-order valence-corrected chi connectivity index (χ4v) is 3.73. The number of nitrogens with one attached hydrogen (secondary N) is 1. The van der Waals surface area contributed by atoms with E-state index in [4.69, 9.17) is 18.0 Å². The molecule has 0 aliphatic heterocycles. The predicted octanol–water partition coefficient (Wildman–Crippen LogP) is 0.676. The summed E-state index contributed by atoms with van der Waals surface area (Å²) in [6, 6.07) is 4.80. The van der Waals surface area contributed by atoms with Crippen LogP contribution in [0.5, 0.6) is 0 Å². The molecular formula is C12H18N2O3S3. The molecule has 0 aromatic heterocycles. The van der Waals surface area contributed by atoms with E-state index in [1.54, 1.807) is 26.0 Å². The van der Waals surface area contributed by atoms with Crippen LogP contribution in [0.4, 0.5) is 0 Å². The van der Waals surface area contributed by atoms with Crippen molar-refractivity contribution in [3.63, 3.8) is 0 Å². The van der Waals surface area contributed by atoms with Crippen LogP contribution in [0.1, 0.15) is 18.1 Å². The number of benzene rings is 1. The van der Waals surface area contributed by atoms with Gasteiger partial charge in [0, 0.05) is 34.4 Å². The van der Waals surface area contributed by atoms with Gasteiger partial charge in [-0.2, -0.15) is 0 Å². The predicted molar refractivity (Wildman–Crippen MR) is 85.8 cm³/mol. The van der Waals surface area contributed by atoms with E-state index in [9.17, 15) is 12.6 Å². The van der Waals surface area contributed by atoms with E-state index in [0.29, 0.717) is 22.6 Å². The Labute approximate surface area is 127 Å². The average molecular weight is 334 g/mol. The van der Waals surface area contributed by atoms with Crippen molar-refractivity contribution >= 4 is 38.0 Å². The van der Waals surface area contributed by atoms with Crippen molar-refractivity contribution in [2.24, 2.45) is 5.73 Å². The fourth-order valence-electron chi connectivity index (χ4n) is 1.55. The summed E-state index contributed by atoms with van der Waals surface area (Å²) in [5.41, 5.74) is 6.62. The van der Waals surface area contributed by atoms with E-state index in [1.807, 2.05) is 0 Å². The van der Waals surface area contributed by atoms with Gasteiger partial charge in [-0.3, -0.25) is 4.21 Å². The highest BCUT2D eigenvalue weighted by atomic mass is 32.2. The zero-order chi connectivity index (χ0) is 15.3. The van der Waals surface area contributed by atoms with E-state index in [2.05, 4.69) is 4.72 Å². The first-order chi connectivity index (χ1) is 9.27. The maximum absolute atomic E-state index is 12.2. The molecule has 0 bridgehead atoms. The van der Waals surface area contributed by atoms with Crippen molar-refractivity contribution in [1.82, 2.24) is 4.72 Å². The Bertz CT molecular complexity index is 627. The molecular weight excluding hydrogens is 316 g/mol. The summed E-state index contributed by atoms with van der Waals surface area (Å²) in [5, 5.41) is 0. The second-order valence-corrected chi connectivity index (χ2v) is 8.22. The molecule has 1 rings (SSSR count). The monoisotopic (exact) mass is 334 g/mol. The molecule has 112 valence electrons. The minimum absolute atomic E-state index is 0.138. The highest BCUT2D eigenvalue weighted by Crippen LogP contribution is 2.17. The van der Waals surface area contributed by atoms with Crippen LogP contribution >= 0.6 is 12.2 Å². The molecule has 8 heteroatoms. The summed E-state index contributed by atoms with van der Waals surface area (Å²) in [7, 11) is -4.65. The van der Waals surface area contributed by atoms with Crippen LogP contribution in [0.15, 0.2) is 23.1 Å². The van der Waals surface area contributed by atoms with Crippen molar-refractivity contribution in [2.75, 3.05) is 18.1 Å². The molecule has 20 heavy (non-hydrogen) atoms. The molecule has 0 aliphatic rings. The lowest BCUT2D eigenvalue weighted by Gasteiger charge is -2.10. The summed E-state index contributed by atoms with van der Waals surface area (Å²) in [5.74, 6) is 0.807. The smallest absolute Gasteiger partial charge is 0.240 e. The number of nitrogens with two attached hydrogens (primary N) is 1. The van der Waals surface area contributed by atoms with Gasteiger partial charge in [-0.05, 0) is 18.6 Å². The third-order valence-corrected chi connectivity index (χ3v) is 5.85. The number of thiocarbonyl (C=S) groups is 1. The Balaban J connectivity index is 2.94. The number of hydrogen-bond donors (Lipinski definition) is 2. The molecule has 0 saturated carbocycles. The molecule has 3 N–H and O–H groups in total. The van der Waals surface area contributed by atoms with E-state index >= 15 is 0 Å². The van der Waals surface area contributed by atoms with Gasteiger partial charge in [-0.1, -0.05) is 31.3 Å². The Morgan fingerprint density at radius 1 is 1.45 bits per heavy atom. The molecule has 1 aromatic rings. The first-order valence-electron chi connectivity index (χ1n) is 6.03. The highest BCUT2D eigenvalue weighted by molar-refractivity contribution is 7.89. The molecule has 0 fully saturated rings. The van der Waals surface area contributed by atoms with Crippen LogP contribution in [-0.2, 0) is 20.8 Å². The van der Waals surface area contributed by atoms with Crippen molar-refractivity contribution < 1.29 is 12.6 Å². The van der Waals surface area contributed by atoms with Gasteiger partial charge in [0.15, 0.2) is 0 Å². The van der Waals surface area contributed by atoms with Crippen LogP contribution in [0.2, 0.25) is 0 Å². The first-order valence-corrected chi connectivity index (χ1v) is 9.41. The van der Waals surface area contributed by atoms with Gasteiger partial charge >= 0.3 is 0 Å². The Morgan fingerprint density at radius 3 is 2.65 bits per heavy atom. The molecule has 0 amide bonds. The largest absolute Gasteiger partial charge is 0.389 e. The van der Waals surface area contributed by atoms with E-state index in [-0.39, 0.29) is 16.4 Å². The summed E-state index contributed by atoms with van der Waals surface area (Å²) in [6.07, 6.45) is 0. The third-order valence-electron chi connectivity index (χ3n) is 2.71. The Hall–Kier alpha value is -0.830. The van der Waals surface area contributed by atoms with Gasteiger partial charge in [-0.15, -0.1) is 0 Å². The van der Waals surface area contributed by atoms with Crippen LogP contribution in [0.25, 0.3) is 0 Å². The summed E-state index contributed by atoms with van der Waals surface area (Å²) in [4.78, 5) is 0.290. The SMILES string of the molecule is CCS(=O)CCNS(=O)(=O)c1cc(C(N)=S)ccc1C. The zero-order valence-electron chi connectivity index (χ0n) is 11.4. The molecule has 5 nitrogen and oxygen atoms in total. The molecule has 1 aromatic carbocycles. The van der Waals surface area contributed by atoms with Crippen molar-refractivity contribution in [3.8, 4) is 0 Å². The van der Waals surface area contributed by atoms with Crippen LogP contribution in [0, 0.1) is 6.92 Å². The van der Waals surface area contributed by atoms with E-state index < -0.39 is 20.8 Å². The second-order valence-electron chi connectivity index (χ2n) is 4.17. The van der Waals surface area contributed by atoms with Gasteiger partial charge in [0.25, 0.3) is 0 Å². The van der Waals surface area contributed by atoms with Crippen LogP contribution in [-0.4, -0.2) is 35.7 Å². The average Bonchev–Trinajstić information content (AvgIpc) is 2.38. The minimum atomic E-state index is -3.65. The van der Waals surface area contributed by atoms with Crippen LogP contribution < -0.4 is 10.5 Å². The van der Waals surface area contributed by atoms with E-state index in [1.165, 1.54) is 6.07 Å². The Morgan fingerprint density at radius 2 is 2.10 bits per heavy atom. The maximum atomic E-state index is 12.2. The van der Waals surface area contributed by atoms with Gasteiger partial charge < -0.3 is 5.73 Å². The lowest BCUT2D eigenvalue weighted by molar-refractivity contribution is 0.583. The summed E-state index contributed by atoms with van der Waals surface area (Å²) in [6.45, 7) is 3.63. The topological polar surface area (TPSA) is 89.3 Å². The first kappa shape index (κ1) is 17.2. The van der Waals surface area contributed by atoms with Crippen molar-refractivity contribution in [1.29, 1.82) is 0 Å². The highest BCUT2D eigenvalue weighted by Gasteiger charge is 2.17. The minimum Gasteiger partial charge on any atom is -0.389 e. The standard InChI is InChI=1S/C12H18N2O3S3/c1-3-19(15)7-6-14-20(16,17)11-8-10(12(13)18)5-4-9(11)2/h4-5,8,14H,3,6-7H2,1-2H3,(H2,13,18). The maximum Gasteiger partial charge on any atom is 0.240 e. The zero-order valence-corrected chi connectivity index (χ0v) is 13.8. The van der Waals surface area contributed by atoms with E-state index in [0.717, 1.165) is 0 Å². The van der Waals surface area contributed by atoms with Gasteiger partial charge in [0.05, 0.1) is 4.90 Å². The third kappa shape index (κ3) is 4.62. The number of rotatable bonds is 7. The number of sulfonamides is 1. The summed E-state index contributed by atoms with van der Waals surface area (Å²) >= 11 is 4.85. The van der Waals surface area contributed by atoms with Crippen LogP contribution in [0.3, 0.4) is 0 Å².